The summed E-state index contributed by atoms with van der Waals surface area (Å²) < 4.78 is 0. The molecule has 1 aromatic heterocycles. The van der Waals surface area contributed by atoms with Crippen molar-refractivity contribution in [1.82, 2.24) is 4.98 Å². The van der Waals surface area contributed by atoms with Crippen LogP contribution in [0.4, 0.5) is 11.5 Å². The van der Waals surface area contributed by atoms with Crippen LogP contribution in [0.15, 0.2) is 0 Å². The van der Waals surface area contributed by atoms with Crippen LogP contribution in [-0.4, -0.2) is 29.8 Å². The quantitative estimate of drug-likeness (QED) is 0.822. The summed E-state index contributed by atoms with van der Waals surface area (Å²) in [6.45, 7) is 9.01. The fourth-order valence-electron chi connectivity index (χ4n) is 4.71. The molecule has 0 aromatic carbocycles. The molecule has 144 valence electrons. The van der Waals surface area contributed by atoms with E-state index in [1.807, 2.05) is 0 Å². The highest BCUT2D eigenvalue weighted by atomic mass is 16.3. The summed E-state index contributed by atoms with van der Waals surface area (Å²) >= 11 is 0. The summed E-state index contributed by atoms with van der Waals surface area (Å²) in [4.78, 5) is 7.12. The number of hydrogen-bond acceptors (Lipinski definition) is 4. The monoisotopic (exact) mass is 357 g/mol. The first kappa shape index (κ1) is 19.2. The van der Waals surface area contributed by atoms with Crippen molar-refractivity contribution in [1.29, 1.82) is 0 Å². The third-order valence-corrected chi connectivity index (χ3v) is 6.18. The van der Waals surface area contributed by atoms with E-state index in [0.29, 0.717) is 23.7 Å². The van der Waals surface area contributed by atoms with Crippen LogP contribution in [0.1, 0.15) is 71.3 Å². The van der Waals surface area contributed by atoms with Crippen LogP contribution in [0.3, 0.4) is 0 Å². The van der Waals surface area contributed by atoms with E-state index in [9.17, 15) is 5.11 Å². The Bertz CT molecular complexity index is 784. The number of nitrogens with zero attached hydrogens (tertiary/aromatic N) is 2. The predicted molar refractivity (Wildman–Crippen MR) is 111 cm³/mol. The fourth-order valence-corrected chi connectivity index (χ4v) is 4.71. The first-order valence-corrected chi connectivity index (χ1v) is 10.1. The molecule has 0 saturated heterocycles. The van der Waals surface area contributed by atoms with Crippen molar-refractivity contribution < 1.29 is 5.11 Å². The Morgan fingerprint density at radius 2 is 2.12 bits per heavy atom. The maximum Gasteiger partial charge on any atom is 0.148 e. The van der Waals surface area contributed by atoms with E-state index in [4.69, 9.17) is 10.7 Å². The number of fused-ring (bicyclic) bond motifs is 3. The largest absolute Gasteiger partial charge is 0.396 e. The topological polar surface area (TPSA) is 62.4 Å². The van der Waals surface area contributed by atoms with Crippen LogP contribution in [-0.2, 0) is 0 Å². The van der Waals surface area contributed by atoms with Gasteiger partial charge in [-0.25, -0.2) is 4.98 Å². The molecule has 0 spiro atoms. The maximum atomic E-state index is 9.89. The highest BCUT2D eigenvalue weighted by molar-refractivity contribution is 5.74. The lowest BCUT2D eigenvalue weighted by molar-refractivity contribution is 0.138. The van der Waals surface area contributed by atoms with E-state index in [1.165, 1.54) is 23.6 Å². The van der Waals surface area contributed by atoms with Crippen LogP contribution in [0.2, 0.25) is 0 Å². The summed E-state index contributed by atoms with van der Waals surface area (Å²) in [6.07, 6.45) is 10.2. The minimum atomic E-state index is -0.103. The summed E-state index contributed by atoms with van der Waals surface area (Å²) in [7, 11) is 2.17. The molecular weight excluding hydrogens is 322 g/mol. The van der Waals surface area contributed by atoms with Gasteiger partial charge in [0.1, 0.15) is 5.82 Å². The van der Waals surface area contributed by atoms with Crippen molar-refractivity contribution in [2.45, 2.75) is 71.8 Å². The molecule has 3 unspecified atom stereocenters. The van der Waals surface area contributed by atoms with Gasteiger partial charge in [0.15, 0.2) is 0 Å². The number of rotatable bonds is 6. The highest BCUT2D eigenvalue weighted by Gasteiger charge is 2.41. The molecule has 3 N–H and O–H groups in total. The van der Waals surface area contributed by atoms with Gasteiger partial charge in [0, 0.05) is 30.8 Å². The van der Waals surface area contributed by atoms with Crippen molar-refractivity contribution >= 4 is 23.7 Å². The molecule has 4 nitrogen and oxygen atoms in total. The zero-order valence-electron chi connectivity index (χ0n) is 17.0. The van der Waals surface area contributed by atoms with Gasteiger partial charge < -0.3 is 15.7 Å². The van der Waals surface area contributed by atoms with Crippen molar-refractivity contribution in [2.75, 3.05) is 24.3 Å². The van der Waals surface area contributed by atoms with Crippen molar-refractivity contribution in [3.63, 3.8) is 0 Å². The minimum Gasteiger partial charge on any atom is -0.396 e. The molecule has 0 radical (unpaired) electrons. The van der Waals surface area contributed by atoms with E-state index in [-0.39, 0.29) is 12.0 Å². The number of pyridine rings is 1. The number of anilines is 2. The number of nitrogens with two attached hydrogens (primary N) is 1. The van der Waals surface area contributed by atoms with Gasteiger partial charge in [-0.05, 0) is 36.2 Å². The number of unbranched alkanes of at least 4 members (excludes halogenated alkanes) is 1. The molecule has 0 bridgehead atoms. The van der Waals surface area contributed by atoms with Gasteiger partial charge in [0.2, 0.25) is 0 Å². The SMILES string of the molecule is CCCCC1C(CC(C)(C)CO)c2c(c(N)nc3c2=CCC(C)C=3)N1C. The lowest BCUT2D eigenvalue weighted by atomic mass is 9.77. The smallest absolute Gasteiger partial charge is 0.148 e. The lowest BCUT2D eigenvalue weighted by Gasteiger charge is -2.32. The molecule has 2 heterocycles. The second kappa shape index (κ2) is 7.22. The molecule has 26 heavy (non-hydrogen) atoms. The number of aromatic nitrogens is 1. The molecule has 2 aliphatic rings. The number of likely N-dealkylation sites (N-methyl/N-ethyl adjacent to an activating group) is 1. The van der Waals surface area contributed by atoms with Gasteiger partial charge in [0.05, 0.1) is 11.0 Å². The predicted octanol–water partition coefficient (Wildman–Crippen LogP) is 2.77. The Hall–Kier alpha value is -1.55. The Morgan fingerprint density at radius 1 is 1.38 bits per heavy atom. The summed E-state index contributed by atoms with van der Waals surface area (Å²) in [6, 6.07) is 0.430. The molecule has 3 rings (SSSR count). The van der Waals surface area contributed by atoms with Crippen molar-refractivity contribution in [2.24, 2.45) is 11.3 Å². The van der Waals surface area contributed by atoms with E-state index in [1.54, 1.807) is 0 Å². The van der Waals surface area contributed by atoms with Crippen LogP contribution in [0.25, 0.3) is 12.2 Å². The average molecular weight is 358 g/mol. The summed E-state index contributed by atoms with van der Waals surface area (Å²) in [5.41, 5.74) is 8.85. The molecule has 1 aromatic rings. The maximum absolute atomic E-state index is 9.89. The summed E-state index contributed by atoms with van der Waals surface area (Å²) in [5.74, 6) is 1.56. The Balaban J connectivity index is 2.18. The van der Waals surface area contributed by atoms with Crippen LogP contribution < -0.4 is 21.2 Å². The second-order valence-corrected chi connectivity index (χ2v) is 9.10. The number of aliphatic hydroxyl groups excluding tert-OH is 1. The first-order valence-electron chi connectivity index (χ1n) is 10.1. The lowest BCUT2D eigenvalue weighted by Crippen LogP contribution is -2.37. The molecule has 1 aliphatic carbocycles. The third kappa shape index (κ3) is 3.36. The van der Waals surface area contributed by atoms with Gasteiger partial charge in [-0.1, -0.05) is 52.7 Å². The normalized spacial score (nSPS) is 24.7. The van der Waals surface area contributed by atoms with Gasteiger partial charge in [0.25, 0.3) is 0 Å². The van der Waals surface area contributed by atoms with E-state index in [0.717, 1.165) is 30.3 Å². The highest BCUT2D eigenvalue weighted by Crippen LogP contribution is 2.47. The molecular formula is C22H35N3O. The number of hydrogen-bond donors (Lipinski definition) is 2. The second-order valence-electron chi connectivity index (χ2n) is 9.10. The van der Waals surface area contributed by atoms with E-state index < -0.39 is 0 Å². The average Bonchev–Trinajstić information content (AvgIpc) is 2.85. The van der Waals surface area contributed by atoms with Crippen molar-refractivity contribution in [3.8, 4) is 0 Å². The number of nitrogen functional groups attached to an aromatic ring is 1. The standard InChI is InChI=1S/C22H35N3O/c1-6-7-8-18-16(12-22(3,4)13-26)19-15-10-9-14(2)11-17(15)24-21(23)20(19)25(18)5/h10-11,14,16,18,26H,6-9,12-13H2,1-5H3,(H2,23,24). The van der Waals surface area contributed by atoms with Gasteiger partial charge in [-0.2, -0.15) is 0 Å². The zero-order chi connectivity index (χ0) is 19.1. The molecule has 1 aliphatic heterocycles. The third-order valence-electron chi connectivity index (χ3n) is 6.18. The van der Waals surface area contributed by atoms with E-state index >= 15 is 0 Å². The van der Waals surface area contributed by atoms with E-state index in [2.05, 4.69) is 51.8 Å². The van der Waals surface area contributed by atoms with Gasteiger partial charge >= 0.3 is 0 Å². The van der Waals surface area contributed by atoms with Crippen LogP contribution in [0, 0.1) is 11.3 Å². The van der Waals surface area contributed by atoms with Gasteiger partial charge in [-0.15, -0.1) is 0 Å². The molecule has 3 atom stereocenters. The van der Waals surface area contributed by atoms with Crippen LogP contribution in [0.5, 0.6) is 0 Å². The van der Waals surface area contributed by atoms with Crippen molar-refractivity contribution in [3.05, 3.63) is 16.1 Å². The van der Waals surface area contributed by atoms with Crippen LogP contribution >= 0.6 is 0 Å². The Labute approximate surface area is 157 Å². The molecule has 4 heteroatoms. The molecule has 0 fully saturated rings. The molecule has 0 saturated carbocycles. The fraction of sp³-hybridized carbons (Fsp3) is 0.682. The Kier molecular flexibility index (Phi) is 5.34. The molecule has 0 amide bonds. The van der Waals surface area contributed by atoms with Gasteiger partial charge in [-0.3, -0.25) is 0 Å². The first-order chi connectivity index (χ1) is 12.3. The summed E-state index contributed by atoms with van der Waals surface area (Å²) in [5, 5.41) is 12.2. The Morgan fingerprint density at radius 3 is 2.77 bits per heavy atom. The zero-order valence-corrected chi connectivity index (χ0v) is 17.0. The minimum absolute atomic E-state index is 0.103. The number of aliphatic hydroxyl groups is 1.